The topological polar surface area (TPSA) is 129 Å². The molecule has 3 aromatic carbocycles. The number of benzene rings is 3. The molecule has 4 aromatic rings. The molecule has 0 spiro atoms. The maximum atomic E-state index is 13.7. The highest BCUT2D eigenvalue weighted by Crippen LogP contribution is 2.31. The Kier molecular flexibility index (Phi) is 11.6. The molecule has 248 valence electrons. The van der Waals surface area contributed by atoms with Gasteiger partial charge in [-0.15, -0.1) is 5.10 Å². The highest BCUT2D eigenvalue weighted by molar-refractivity contribution is 6.00. The number of amides is 2. The number of nitrogens with one attached hydrogen (secondary N) is 2. The Bertz CT molecular complexity index is 1610. The average molecular weight is 643 g/mol. The Balaban J connectivity index is 1.40. The fourth-order valence-corrected chi connectivity index (χ4v) is 5.48. The minimum absolute atomic E-state index is 0.281. The summed E-state index contributed by atoms with van der Waals surface area (Å²) in [5, 5.41) is 14.7. The van der Waals surface area contributed by atoms with E-state index in [4.69, 9.17) is 18.9 Å². The van der Waals surface area contributed by atoms with Crippen LogP contribution in [0.25, 0.3) is 0 Å². The van der Waals surface area contributed by atoms with Crippen molar-refractivity contribution in [3.8, 4) is 23.0 Å². The normalized spacial score (nSPS) is 16.7. The van der Waals surface area contributed by atoms with Crippen LogP contribution in [0.5, 0.6) is 23.0 Å². The highest BCUT2D eigenvalue weighted by atomic mass is 16.5. The number of methoxy groups -OCH3 is 3. The first-order valence-corrected chi connectivity index (χ1v) is 15.7. The Labute approximate surface area is 275 Å². The van der Waals surface area contributed by atoms with E-state index in [1.54, 1.807) is 37.1 Å². The van der Waals surface area contributed by atoms with Crippen LogP contribution in [0.1, 0.15) is 33.6 Å². The van der Waals surface area contributed by atoms with E-state index in [2.05, 4.69) is 25.8 Å². The molecule has 2 N–H and O–H groups in total. The molecule has 0 unspecified atom stereocenters. The molecular formula is C35H42N6O6. The van der Waals surface area contributed by atoms with E-state index < -0.39 is 11.9 Å². The Morgan fingerprint density at radius 3 is 2.43 bits per heavy atom. The van der Waals surface area contributed by atoms with Crippen molar-refractivity contribution in [1.29, 1.82) is 0 Å². The molecule has 1 aliphatic heterocycles. The van der Waals surface area contributed by atoms with E-state index in [1.807, 2.05) is 54.7 Å². The fourth-order valence-electron chi connectivity index (χ4n) is 5.48. The monoisotopic (exact) mass is 642 g/mol. The quantitative estimate of drug-likeness (QED) is 0.312. The third-order valence-corrected chi connectivity index (χ3v) is 7.94. The number of nitrogens with zero attached hydrogens (tertiary/aromatic N) is 4. The smallest absolute Gasteiger partial charge is 0.255 e. The van der Waals surface area contributed by atoms with Gasteiger partial charge in [0, 0.05) is 64.2 Å². The van der Waals surface area contributed by atoms with Crippen LogP contribution in [0.3, 0.4) is 0 Å². The lowest BCUT2D eigenvalue weighted by Crippen LogP contribution is -2.49. The zero-order valence-corrected chi connectivity index (χ0v) is 27.1. The second-order valence-corrected chi connectivity index (χ2v) is 11.3. The number of hydrogen-bond acceptors (Lipinski definition) is 9. The third kappa shape index (κ3) is 9.23. The van der Waals surface area contributed by atoms with Crippen molar-refractivity contribution in [1.82, 2.24) is 30.5 Å². The molecule has 47 heavy (non-hydrogen) atoms. The number of aryl methyl sites for hydroxylation is 1. The van der Waals surface area contributed by atoms with Crippen LogP contribution in [0.15, 0.2) is 72.9 Å². The summed E-state index contributed by atoms with van der Waals surface area (Å²) in [5.74, 6) is 1.46. The molecule has 0 fully saturated rings. The molecule has 0 aliphatic carbocycles. The van der Waals surface area contributed by atoms with Crippen LogP contribution in [-0.4, -0.2) is 85.3 Å². The summed E-state index contributed by atoms with van der Waals surface area (Å²) < 4.78 is 24.4. The molecule has 1 atom stereocenters. The summed E-state index contributed by atoms with van der Waals surface area (Å²) in [6, 6.07) is 19.7. The summed E-state index contributed by atoms with van der Waals surface area (Å²) in [4.78, 5) is 29.7. The molecule has 2 amide bonds. The average Bonchev–Trinajstić information content (AvgIpc) is 3.55. The maximum absolute atomic E-state index is 13.7. The molecule has 0 saturated heterocycles. The zero-order valence-electron chi connectivity index (χ0n) is 27.1. The van der Waals surface area contributed by atoms with Crippen molar-refractivity contribution >= 4 is 11.8 Å². The first-order chi connectivity index (χ1) is 22.9. The van der Waals surface area contributed by atoms with Gasteiger partial charge in [-0.2, -0.15) is 0 Å². The SMILES string of the molecule is COc1cc(CN2CCNC(=O)[C@H](Cc3ccccc3)NC(=O)c3cccc(OC)c3OCCCn3cc(nn3)CC2)cc(OC)c1. The Morgan fingerprint density at radius 1 is 0.894 bits per heavy atom. The van der Waals surface area contributed by atoms with E-state index in [0.29, 0.717) is 81.6 Å². The van der Waals surface area contributed by atoms with Crippen molar-refractivity contribution in [2.45, 2.75) is 38.4 Å². The van der Waals surface area contributed by atoms with Crippen LogP contribution in [-0.2, 0) is 30.7 Å². The highest BCUT2D eigenvalue weighted by Gasteiger charge is 2.25. The molecule has 1 aromatic heterocycles. The molecule has 12 nitrogen and oxygen atoms in total. The third-order valence-electron chi connectivity index (χ3n) is 7.94. The molecule has 12 heteroatoms. The predicted molar refractivity (Wildman–Crippen MR) is 176 cm³/mol. The minimum atomic E-state index is -0.823. The van der Waals surface area contributed by atoms with Gasteiger partial charge in [0.15, 0.2) is 11.5 Å². The number of aromatic nitrogens is 3. The molecule has 0 radical (unpaired) electrons. The summed E-state index contributed by atoms with van der Waals surface area (Å²) >= 11 is 0. The van der Waals surface area contributed by atoms with Crippen molar-refractivity contribution in [2.24, 2.45) is 0 Å². The van der Waals surface area contributed by atoms with E-state index in [-0.39, 0.29) is 11.5 Å². The van der Waals surface area contributed by atoms with Crippen molar-refractivity contribution < 1.29 is 28.5 Å². The molecule has 5 rings (SSSR count). The second-order valence-electron chi connectivity index (χ2n) is 11.3. The van der Waals surface area contributed by atoms with Crippen molar-refractivity contribution in [2.75, 3.05) is 47.6 Å². The van der Waals surface area contributed by atoms with Gasteiger partial charge < -0.3 is 29.6 Å². The number of rotatable bonds is 7. The molecule has 2 heterocycles. The van der Waals surface area contributed by atoms with Crippen LogP contribution in [0.4, 0.5) is 0 Å². The lowest BCUT2D eigenvalue weighted by atomic mass is 10.0. The van der Waals surface area contributed by atoms with Crippen LogP contribution in [0, 0.1) is 0 Å². The van der Waals surface area contributed by atoms with Gasteiger partial charge in [-0.1, -0.05) is 41.6 Å². The first kappa shape index (κ1) is 33.3. The van der Waals surface area contributed by atoms with Crippen LogP contribution in [0.2, 0.25) is 0 Å². The first-order valence-electron chi connectivity index (χ1n) is 15.7. The van der Waals surface area contributed by atoms with Crippen molar-refractivity contribution in [3.63, 3.8) is 0 Å². The lowest BCUT2D eigenvalue weighted by molar-refractivity contribution is -0.123. The second kappa shape index (κ2) is 16.5. The summed E-state index contributed by atoms with van der Waals surface area (Å²) in [6.45, 7) is 3.10. The number of ether oxygens (including phenoxy) is 4. The summed E-state index contributed by atoms with van der Waals surface area (Å²) in [6.07, 6.45) is 3.56. The van der Waals surface area contributed by atoms with Gasteiger partial charge in [0.1, 0.15) is 17.5 Å². The van der Waals surface area contributed by atoms with Crippen molar-refractivity contribution in [3.05, 3.63) is 95.3 Å². The number of carbonyl (C=O) groups excluding carboxylic acids is 2. The van der Waals surface area contributed by atoms with Gasteiger partial charge in [-0.25, -0.2) is 0 Å². The van der Waals surface area contributed by atoms with Crippen LogP contribution >= 0.6 is 0 Å². The number of hydrogen-bond donors (Lipinski definition) is 2. The zero-order chi connectivity index (χ0) is 33.0. The molecule has 2 bridgehead atoms. The number of carbonyl (C=O) groups is 2. The van der Waals surface area contributed by atoms with Crippen LogP contribution < -0.4 is 29.6 Å². The largest absolute Gasteiger partial charge is 0.497 e. The number of para-hydroxylation sites is 1. The predicted octanol–water partition coefficient (Wildman–Crippen LogP) is 3.29. The standard InChI is InChI=1S/C35H42N6O6/c1-44-28-19-26(20-29(22-28)45-2)23-40-16-13-27-24-41(39-38-27)15-8-18-47-33-30(11-7-12-32(33)46-3)34(42)37-31(35(43)36-14-17-40)21-25-9-5-4-6-10-25/h4-7,9-12,19-20,22,24,31H,8,13-18,21,23H2,1-3H3,(H,36,43)(H,37,42)/t31-/m0/s1. The fraction of sp³-hybridized carbons (Fsp3) is 0.371. The summed E-state index contributed by atoms with van der Waals surface area (Å²) in [7, 11) is 4.78. The van der Waals surface area contributed by atoms with Gasteiger partial charge in [0.25, 0.3) is 5.91 Å². The van der Waals surface area contributed by atoms with Gasteiger partial charge in [0.2, 0.25) is 5.91 Å². The molecule has 0 saturated carbocycles. The van der Waals surface area contributed by atoms with E-state index in [0.717, 1.165) is 16.8 Å². The van der Waals surface area contributed by atoms with Gasteiger partial charge >= 0.3 is 0 Å². The maximum Gasteiger partial charge on any atom is 0.255 e. The number of fused-ring (bicyclic) bond motifs is 3. The Hall–Kier alpha value is -5.10. The van der Waals surface area contributed by atoms with E-state index in [1.165, 1.54) is 7.11 Å². The van der Waals surface area contributed by atoms with E-state index >= 15 is 0 Å². The summed E-state index contributed by atoms with van der Waals surface area (Å²) in [5.41, 5.74) is 3.09. The Morgan fingerprint density at radius 2 is 1.68 bits per heavy atom. The minimum Gasteiger partial charge on any atom is -0.497 e. The van der Waals surface area contributed by atoms with E-state index in [9.17, 15) is 9.59 Å². The van der Waals surface area contributed by atoms with Gasteiger partial charge in [-0.05, 0) is 35.4 Å². The molecular weight excluding hydrogens is 600 g/mol. The van der Waals surface area contributed by atoms with Gasteiger partial charge in [-0.3, -0.25) is 19.2 Å². The lowest BCUT2D eigenvalue weighted by Gasteiger charge is -2.24. The molecule has 1 aliphatic rings. The van der Waals surface area contributed by atoms with Gasteiger partial charge in [0.05, 0.1) is 39.2 Å².